The van der Waals surface area contributed by atoms with Gasteiger partial charge >= 0.3 is 0 Å². The third-order valence-corrected chi connectivity index (χ3v) is 5.77. The third kappa shape index (κ3) is 2.95. The summed E-state index contributed by atoms with van der Waals surface area (Å²) in [6, 6.07) is 9.15. The number of fused-ring (bicyclic) bond motifs is 2. The Bertz CT molecular complexity index is 764. The summed E-state index contributed by atoms with van der Waals surface area (Å²) in [5.74, 6) is 0. The van der Waals surface area contributed by atoms with E-state index in [2.05, 4.69) is 81.2 Å². The minimum absolute atomic E-state index is 1.04. The van der Waals surface area contributed by atoms with Gasteiger partial charge in [-0.25, -0.2) is 0 Å². The van der Waals surface area contributed by atoms with Crippen LogP contribution in [0, 0.1) is 13.8 Å². The lowest BCUT2D eigenvalue weighted by Crippen LogP contribution is -2.22. The normalized spacial score (nSPS) is 12.2. The second kappa shape index (κ2) is 6.60. The van der Waals surface area contributed by atoms with Crippen molar-refractivity contribution in [3.05, 3.63) is 35.4 Å². The molecular weight excluding hydrogens is 314 g/mol. The maximum absolute atomic E-state index is 3.69. The first-order valence-corrected chi connectivity index (χ1v) is 9.42. The van der Waals surface area contributed by atoms with E-state index in [0.717, 1.165) is 13.1 Å². The van der Waals surface area contributed by atoms with Crippen LogP contribution in [0.25, 0.3) is 0 Å². The Labute approximate surface area is 150 Å². The second-order valence-corrected chi connectivity index (χ2v) is 7.65. The summed E-state index contributed by atoms with van der Waals surface area (Å²) in [5, 5.41) is 3.69. The van der Waals surface area contributed by atoms with Crippen molar-refractivity contribution in [3.8, 4) is 0 Å². The largest absolute Gasteiger partial charge is 0.378 e. The van der Waals surface area contributed by atoms with Crippen LogP contribution in [-0.4, -0.2) is 27.2 Å². The zero-order valence-electron chi connectivity index (χ0n) is 15.5. The Balaban J connectivity index is 2.06. The van der Waals surface area contributed by atoms with Crippen LogP contribution in [0.1, 0.15) is 25.0 Å². The molecule has 3 nitrogen and oxygen atoms in total. The molecule has 0 bridgehead atoms. The highest BCUT2D eigenvalue weighted by Crippen LogP contribution is 2.49. The maximum Gasteiger partial charge on any atom is 0.0557 e. The summed E-state index contributed by atoms with van der Waals surface area (Å²) in [4.78, 5) is 7.20. The first kappa shape index (κ1) is 17.0. The van der Waals surface area contributed by atoms with Crippen molar-refractivity contribution in [2.75, 3.05) is 42.3 Å². The quantitative estimate of drug-likeness (QED) is 0.682. The molecule has 0 radical (unpaired) electrons. The van der Waals surface area contributed by atoms with E-state index >= 15 is 0 Å². The Morgan fingerprint density at radius 1 is 0.833 bits per heavy atom. The highest BCUT2D eigenvalue weighted by Gasteiger charge is 2.21. The van der Waals surface area contributed by atoms with Crippen molar-refractivity contribution < 1.29 is 0 Å². The van der Waals surface area contributed by atoms with Gasteiger partial charge in [0.15, 0.2) is 0 Å². The van der Waals surface area contributed by atoms with Gasteiger partial charge in [0.05, 0.1) is 11.4 Å². The van der Waals surface area contributed by atoms with Crippen molar-refractivity contribution in [2.24, 2.45) is 0 Å². The van der Waals surface area contributed by atoms with E-state index in [0.29, 0.717) is 0 Å². The number of benzene rings is 2. The smallest absolute Gasteiger partial charge is 0.0557 e. The fourth-order valence-corrected chi connectivity index (χ4v) is 4.45. The van der Waals surface area contributed by atoms with Crippen LogP contribution in [-0.2, 0) is 0 Å². The third-order valence-electron chi connectivity index (χ3n) is 4.68. The summed E-state index contributed by atoms with van der Waals surface area (Å²) in [7, 11) is 4.19. The predicted octanol–water partition coefficient (Wildman–Crippen LogP) is 5.42. The molecule has 0 saturated heterocycles. The van der Waals surface area contributed by atoms with Gasteiger partial charge in [-0.05, 0) is 63.1 Å². The fraction of sp³-hybridized carbons (Fsp3) is 0.400. The van der Waals surface area contributed by atoms with E-state index in [1.807, 2.05) is 11.8 Å². The molecule has 0 atom stereocenters. The van der Waals surface area contributed by atoms with Crippen molar-refractivity contribution in [1.82, 2.24) is 0 Å². The Hall–Kier alpha value is -1.81. The molecule has 0 saturated carbocycles. The lowest BCUT2D eigenvalue weighted by molar-refractivity contribution is 0.863. The molecule has 0 aliphatic carbocycles. The van der Waals surface area contributed by atoms with Crippen LogP contribution in [0.3, 0.4) is 0 Å². The molecule has 1 aliphatic heterocycles. The summed E-state index contributed by atoms with van der Waals surface area (Å²) in [5.41, 5.74) is 7.67. The SMILES string of the molecule is CCN(CC)c1cc(C)c2c(c1)Sc1cc(N(C)C)cc(C)c1N2. The molecular formula is C20H27N3S. The fourth-order valence-electron chi connectivity index (χ4n) is 3.23. The number of rotatable bonds is 4. The number of nitrogens with one attached hydrogen (secondary N) is 1. The zero-order chi connectivity index (χ0) is 17.4. The second-order valence-electron chi connectivity index (χ2n) is 6.57. The van der Waals surface area contributed by atoms with Gasteiger partial charge in [0.25, 0.3) is 0 Å². The van der Waals surface area contributed by atoms with Crippen LogP contribution in [0.2, 0.25) is 0 Å². The molecule has 0 amide bonds. The maximum atomic E-state index is 3.69. The first-order chi connectivity index (χ1) is 11.4. The standard InChI is InChI=1S/C20H27N3S/c1-7-23(8-2)16-10-14(4)20-18(12-16)24-17-11-15(22(5)6)9-13(3)19(17)21-20/h9-12,21H,7-8H2,1-6H3. The molecule has 2 aromatic carbocycles. The number of hydrogen-bond acceptors (Lipinski definition) is 4. The molecule has 0 spiro atoms. The summed E-state index contributed by atoms with van der Waals surface area (Å²) < 4.78 is 0. The Morgan fingerprint density at radius 3 is 1.83 bits per heavy atom. The number of nitrogens with zero attached hydrogens (tertiary/aromatic N) is 2. The van der Waals surface area contributed by atoms with E-state index in [1.165, 1.54) is 43.7 Å². The molecule has 1 aliphatic rings. The summed E-state index contributed by atoms with van der Waals surface area (Å²) >= 11 is 1.88. The zero-order valence-corrected chi connectivity index (χ0v) is 16.3. The highest BCUT2D eigenvalue weighted by molar-refractivity contribution is 7.99. The van der Waals surface area contributed by atoms with Crippen molar-refractivity contribution in [2.45, 2.75) is 37.5 Å². The minimum atomic E-state index is 1.04. The molecule has 0 unspecified atom stereocenters. The number of aryl methyl sites for hydroxylation is 2. The minimum Gasteiger partial charge on any atom is -0.378 e. The van der Waals surface area contributed by atoms with Gasteiger partial charge in [-0.1, -0.05) is 11.8 Å². The van der Waals surface area contributed by atoms with Gasteiger partial charge in [0.1, 0.15) is 0 Å². The van der Waals surface area contributed by atoms with Crippen LogP contribution in [0.4, 0.5) is 22.7 Å². The van der Waals surface area contributed by atoms with E-state index in [4.69, 9.17) is 0 Å². The first-order valence-electron chi connectivity index (χ1n) is 8.61. The molecule has 24 heavy (non-hydrogen) atoms. The highest BCUT2D eigenvalue weighted by atomic mass is 32.2. The van der Waals surface area contributed by atoms with Crippen LogP contribution >= 0.6 is 11.8 Å². The monoisotopic (exact) mass is 341 g/mol. The molecule has 0 fully saturated rings. The molecule has 1 heterocycles. The average Bonchev–Trinajstić information content (AvgIpc) is 2.54. The summed E-state index contributed by atoms with van der Waals surface area (Å²) in [6.07, 6.45) is 0. The Morgan fingerprint density at radius 2 is 1.33 bits per heavy atom. The van der Waals surface area contributed by atoms with Crippen molar-refractivity contribution in [1.29, 1.82) is 0 Å². The molecule has 2 aromatic rings. The van der Waals surface area contributed by atoms with Gasteiger partial charge in [-0.15, -0.1) is 0 Å². The molecule has 1 N–H and O–H groups in total. The lowest BCUT2D eigenvalue weighted by atomic mass is 10.1. The van der Waals surface area contributed by atoms with E-state index in [9.17, 15) is 0 Å². The van der Waals surface area contributed by atoms with E-state index in [-0.39, 0.29) is 0 Å². The predicted molar refractivity (Wildman–Crippen MR) is 108 cm³/mol. The van der Waals surface area contributed by atoms with Gasteiger partial charge in [0.2, 0.25) is 0 Å². The Kier molecular flexibility index (Phi) is 4.68. The van der Waals surface area contributed by atoms with Crippen molar-refractivity contribution >= 4 is 34.5 Å². The molecule has 128 valence electrons. The van der Waals surface area contributed by atoms with Crippen LogP contribution in [0.5, 0.6) is 0 Å². The molecule has 0 aromatic heterocycles. The summed E-state index contributed by atoms with van der Waals surface area (Å²) in [6.45, 7) is 10.9. The number of hydrogen-bond donors (Lipinski definition) is 1. The van der Waals surface area contributed by atoms with Gasteiger partial charge < -0.3 is 15.1 Å². The average molecular weight is 342 g/mol. The number of anilines is 4. The van der Waals surface area contributed by atoms with Gasteiger partial charge in [-0.2, -0.15) is 0 Å². The molecule has 3 rings (SSSR count). The van der Waals surface area contributed by atoms with Crippen molar-refractivity contribution in [3.63, 3.8) is 0 Å². The van der Waals surface area contributed by atoms with Gasteiger partial charge in [0, 0.05) is 48.4 Å². The van der Waals surface area contributed by atoms with Crippen LogP contribution < -0.4 is 15.1 Å². The van der Waals surface area contributed by atoms with E-state index < -0.39 is 0 Å². The van der Waals surface area contributed by atoms with E-state index in [1.54, 1.807) is 0 Å². The lowest BCUT2D eigenvalue weighted by Gasteiger charge is -2.29. The topological polar surface area (TPSA) is 18.5 Å². The van der Waals surface area contributed by atoms with Crippen LogP contribution in [0.15, 0.2) is 34.1 Å². The van der Waals surface area contributed by atoms with Gasteiger partial charge in [-0.3, -0.25) is 0 Å². The molecule has 4 heteroatoms.